The van der Waals surface area contributed by atoms with Gasteiger partial charge in [-0.2, -0.15) is 0 Å². The lowest BCUT2D eigenvalue weighted by Gasteiger charge is -2.10. The van der Waals surface area contributed by atoms with Crippen molar-refractivity contribution in [2.24, 2.45) is 0 Å². The smallest absolute Gasteiger partial charge is 0.354 e. The fraction of sp³-hybridized carbons (Fsp3) is 0.143. The lowest BCUT2D eigenvalue weighted by atomic mass is 10.1. The van der Waals surface area contributed by atoms with Crippen molar-refractivity contribution in [2.75, 3.05) is 5.32 Å². The van der Waals surface area contributed by atoms with Crippen LogP contribution in [0.4, 0.5) is 11.5 Å². The van der Waals surface area contributed by atoms with E-state index in [-0.39, 0.29) is 5.69 Å². The summed E-state index contributed by atoms with van der Waals surface area (Å²) in [5, 5.41) is 12.0. The summed E-state index contributed by atoms with van der Waals surface area (Å²) in [5.74, 6) is -0.488. The Morgan fingerprint density at radius 2 is 2.00 bits per heavy atom. The summed E-state index contributed by atoms with van der Waals surface area (Å²) in [6, 6.07) is 12.8. The van der Waals surface area contributed by atoms with Gasteiger partial charge in [0.25, 0.3) is 0 Å². The number of hydrogen-bond acceptors (Lipinski definition) is 3. The number of aromatic carboxylic acids is 1. The van der Waals surface area contributed by atoms with Crippen LogP contribution in [0.25, 0.3) is 0 Å². The molecule has 0 unspecified atom stereocenters. The molecule has 4 heteroatoms. The first-order valence-corrected chi connectivity index (χ1v) is 5.76. The first kappa shape index (κ1) is 12.1. The van der Waals surface area contributed by atoms with Crippen LogP contribution in [0.5, 0.6) is 0 Å². The highest BCUT2D eigenvalue weighted by atomic mass is 16.4. The molecule has 92 valence electrons. The molecule has 0 bridgehead atoms. The zero-order valence-electron chi connectivity index (χ0n) is 10.1. The van der Waals surface area contributed by atoms with E-state index in [2.05, 4.69) is 17.2 Å². The molecule has 18 heavy (non-hydrogen) atoms. The quantitative estimate of drug-likeness (QED) is 0.864. The maximum atomic E-state index is 10.8. The van der Waals surface area contributed by atoms with Gasteiger partial charge in [-0.05, 0) is 30.2 Å². The topological polar surface area (TPSA) is 62.2 Å². The molecule has 2 N–H and O–H groups in total. The lowest BCUT2D eigenvalue weighted by molar-refractivity contribution is 0.0690. The monoisotopic (exact) mass is 242 g/mol. The van der Waals surface area contributed by atoms with Gasteiger partial charge in [-0.1, -0.05) is 31.2 Å². The second kappa shape index (κ2) is 5.31. The summed E-state index contributed by atoms with van der Waals surface area (Å²) in [4.78, 5) is 14.9. The molecule has 0 radical (unpaired) electrons. The van der Waals surface area contributed by atoms with Crippen molar-refractivity contribution in [3.8, 4) is 0 Å². The van der Waals surface area contributed by atoms with Crippen molar-refractivity contribution in [2.45, 2.75) is 13.3 Å². The Balaban J connectivity index is 2.28. The normalized spacial score (nSPS) is 10.1. The molecule has 0 spiro atoms. The fourth-order valence-electron chi connectivity index (χ4n) is 1.71. The minimum atomic E-state index is -1.03. The van der Waals surface area contributed by atoms with Crippen molar-refractivity contribution in [3.63, 3.8) is 0 Å². The van der Waals surface area contributed by atoms with Crippen LogP contribution >= 0.6 is 0 Å². The van der Waals surface area contributed by atoms with E-state index in [0.717, 1.165) is 12.1 Å². The van der Waals surface area contributed by atoms with Gasteiger partial charge >= 0.3 is 5.97 Å². The van der Waals surface area contributed by atoms with E-state index in [9.17, 15) is 4.79 Å². The maximum absolute atomic E-state index is 10.8. The molecule has 0 atom stereocenters. The van der Waals surface area contributed by atoms with Crippen LogP contribution in [-0.2, 0) is 6.42 Å². The molecule has 0 fully saturated rings. The van der Waals surface area contributed by atoms with Crippen molar-refractivity contribution in [3.05, 3.63) is 53.7 Å². The molecule has 1 aromatic heterocycles. The number of rotatable bonds is 4. The Morgan fingerprint density at radius 3 is 2.72 bits per heavy atom. The predicted octanol–water partition coefficient (Wildman–Crippen LogP) is 3.09. The first-order chi connectivity index (χ1) is 8.70. The van der Waals surface area contributed by atoms with E-state index in [1.54, 1.807) is 12.1 Å². The Hall–Kier alpha value is -2.36. The number of carboxylic acid groups (broad SMARTS) is 1. The van der Waals surface area contributed by atoms with Crippen molar-refractivity contribution in [1.82, 2.24) is 4.98 Å². The second-order valence-corrected chi connectivity index (χ2v) is 3.85. The Bertz CT molecular complexity index is 567. The number of anilines is 2. The zero-order chi connectivity index (χ0) is 13.0. The molecule has 0 amide bonds. The third-order valence-corrected chi connectivity index (χ3v) is 2.63. The summed E-state index contributed by atoms with van der Waals surface area (Å²) in [6.07, 6.45) is 0.905. The molecular formula is C14H14N2O2. The number of hydrogen-bond donors (Lipinski definition) is 2. The van der Waals surface area contributed by atoms with Crippen LogP contribution in [0.3, 0.4) is 0 Å². The van der Waals surface area contributed by atoms with E-state index < -0.39 is 5.97 Å². The number of nitrogens with one attached hydrogen (secondary N) is 1. The van der Waals surface area contributed by atoms with E-state index in [4.69, 9.17) is 5.11 Å². The molecule has 0 saturated carbocycles. The summed E-state index contributed by atoms with van der Waals surface area (Å²) in [6.45, 7) is 2.07. The number of benzene rings is 1. The number of carbonyl (C=O) groups is 1. The van der Waals surface area contributed by atoms with Crippen LogP contribution in [0.2, 0.25) is 0 Å². The van der Waals surface area contributed by atoms with E-state index in [0.29, 0.717) is 5.82 Å². The van der Waals surface area contributed by atoms with Crippen LogP contribution in [0.1, 0.15) is 23.0 Å². The molecule has 4 nitrogen and oxygen atoms in total. The highest BCUT2D eigenvalue weighted by Crippen LogP contribution is 2.20. The number of pyridine rings is 1. The molecule has 1 heterocycles. The van der Waals surface area contributed by atoms with E-state index >= 15 is 0 Å². The highest BCUT2D eigenvalue weighted by Gasteiger charge is 2.06. The molecule has 2 aromatic rings. The number of aromatic nitrogens is 1. The minimum absolute atomic E-state index is 0.0361. The van der Waals surface area contributed by atoms with Gasteiger partial charge in [0.2, 0.25) is 0 Å². The van der Waals surface area contributed by atoms with Crippen LogP contribution in [0, 0.1) is 0 Å². The Labute approximate surface area is 105 Å². The third-order valence-electron chi connectivity index (χ3n) is 2.63. The number of nitrogens with zero attached hydrogens (tertiary/aromatic N) is 1. The van der Waals surface area contributed by atoms with Gasteiger partial charge in [0.15, 0.2) is 5.69 Å². The van der Waals surface area contributed by atoms with Gasteiger partial charge in [-0.3, -0.25) is 0 Å². The summed E-state index contributed by atoms with van der Waals surface area (Å²) in [5.41, 5.74) is 2.16. The fourth-order valence-corrected chi connectivity index (χ4v) is 1.71. The Kier molecular flexibility index (Phi) is 3.57. The second-order valence-electron chi connectivity index (χ2n) is 3.85. The molecule has 0 aliphatic carbocycles. The first-order valence-electron chi connectivity index (χ1n) is 5.76. The van der Waals surface area contributed by atoms with Crippen LogP contribution < -0.4 is 5.32 Å². The van der Waals surface area contributed by atoms with Crippen molar-refractivity contribution >= 4 is 17.5 Å². The Morgan fingerprint density at radius 1 is 1.22 bits per heavy atom. The van der Waals surface area contributed by atoms with Crippen molar-refractivity contribution < 1.29 is 9.90 Å². The van der Waals surface area contributed by atoms with E-state index in [1.807, 2.05) is 24.3 Å². The number of para-hydroxylation sites is 1. The van der Waals surface area contributed by atoms with Crippen molar-refractivity contribution in [1.29, 1.82) is 0 Å². The SMILES string of the molecule is CCc1ccccc1Nc1cccc(C(=O)O)n1. The molecular weight excluding hydrogens is 228 g/mol. The standard InChI is InChI=1S/C14H14N2O2/c1-2-10-6-3-4-7-11(10)15-13-9-5-8-12(16-13)14(17)18/h3-9H,2H2,1H3,(H,15,16)(H,17,18). The molecule has 2 rings (SSSR count). The van der Waals surface area contributed by atoms with Crippen LogP contribution in [-0.4, -0.2) is 16.1 Å². The third kappa shape index (κ3) is 2.66. The molecule has 1 aromatic carbocycles. The summed E-state index contributed by atoms with van der Waals surface area (Å²) >= 11 is 0. The lowest BCUT2D eigenvalue weighted by Crippen LogP contribution is -2.03. The minimum Gasteiger partial charge on any atom is -0.477 e. The van der Waals surface area contributed by atoms with Gasteiger partial charge in [0.05, 0.1) is 0 Å². The average Bonchev–Trinajstić information content (AvgIpc) is 2.39. The maximum Gasteiger partial charge on any atom is 0.354 e. The average molecular weight is 242 g/mol. The van der Waals surface area contributed by atoms with Gasteiger partial charge in [-0.25, -0.2) is 9.78 Å². The zero-order valence-corrected chi connectivity index (χ0v) is 10.1. The van der Waals surface area contributed by atoms with Crippen LogP contribution in [0.15, 0.2) is 42.5 Å². The van der Waals surface area contributed by atoms with Gasteiger partial charge < -0.3 is 10.4 Å². The highest BCUT2D eigenvalue weighted by molar-refractivity contribution is 5.85. The number of aryl methyl sites for hydroxylation is 1. The molecule has 0 aliphatic heterocycles. The van der Waals surface area contributed by atoms with E-state index in [1.165, 1.54) is 11.6 Å². The number of carboxylic acids is 1. The van der Waals surface area contributed by atoms with Gasteiger partial charge in [-0.15, -0.1) is 0 Å². The summed E-state index contributed by atoms with van der Waals surface area (Å²) < 4.78 is 0. The summed E-state index contributed by atoms with van der Waals surface area (Å²) in [7, 11) is 0. The van der Waals surface area contributed by atoms with Gasteiger partial charge in [0.1, 0.15) is 5.82 Å². The predicted molar refractivity (Wildman–Crippen MR) is 70.3 cm³/mol. The molecule has 0 aliphatic rings. The largest absolute Gasteiger partial charge is 0.477 e. The van der Waals surface area contributed by atoms with Gasteiger partial charge in [0, 0.05) is 5.69 Å². The molecule has 0 saturated heterocycles.